The molecule has 18 heavy (non-hydrogen) atoms. The van der Waals surface area contributed by atoms with Crippen LogP contribution < -0.4 is 5.32 Å². The fourth-order valence-electron chi connectivity index (χ4n) is 1.91. The summed E-state index contributed by atoms with van der Waals surface area (Å²) in [5, 5.41) is 4.67. The predicted octanol–water partition coefficient (Wildman–Crippen LogP) is 3.46. The van der Waals surface area contributed by atoms with Gasteiger partial charge in [-0.1, -0.05) is 43.0 Å². The second-order valence-corrected chi connectivity index (χ2v) is 4.12. The number of nitrogens with one attached hydrogen (secondary N) is 1. The molecule has 0 unspecified atom stereocenters. The quantitative estimate of drug-likeness (QED) is 0.616. The first kappa shape index (κ1) is 12.5. The molecule has 0 fully saturated rings. The molecule has 0 amide bonds. The molecule has 2 nitrogen and oxygen atoms in total. The highest BCUT2D eigenvalue weighted by atomic mass is 14.8. The lowest BCUT2D eigenvalue weighted by Crippen LogP contribution is -2.14. The first-order valence-electron chi connectivity index (χ1n) is 6.22. The van der Waals surface area contributed by atoms with Gasteiger partial charge in [0.1, 0.15) is 0 Å². The van der Waals surface area contributed by atoms with Crippen molar-refractivity contribution < 1.29 is 0 Å². The second-order valence-electron chi connectivity index (χ2n) is 4.12. The summed E-state index contributed by atoms with van der Waals surface area (Å²) in [5.41, 5.74) is 2.36. The summed E-state index contributed by atoms with van der Waals surface area (Å²) in [4.78, 5) is 4.36. The normalized spacial score (nSPS) is 11.1. The third-order valence-corrected chi connectivity index (χ3v) is 2.81. The van der Waals surface area contributed by atoms with E-state index in [4.69, 9.17) is 0 Å². The third-order valence-electron chi connectivity index (χ3n) is 2.81. The van der Waals surface area contributed by atoms with E-state index in [2.05, 4.69) is 41.2 Å². The van der Waals surface area contributed by atoms with Crippen molar-refractivity contribution in [3.8, 4) is 0 Å². The average molecular weight is 238 g/mol. The Bertz CT molecular complexity index is 538. The molecular formula is C16H18N2. The molecule has 1 heterocycles. The maximum Gasteiger partial charge on any atom is 0.0705 e. The van der Waals surface area contributed by atoms with Crippen LogP contribution >= 0.6 is 0 Å². The van der Waals surface area contributed by atoms with Crippen molar-refractivity contribution in [2.75, 3.05) is 6.54 Å². The Morgan fingerprint density at radius 2 is 2.11 bits per heavy atom. The van der Waals surface area contributed by atoms with Crippen molar-refractivity contribution in [1.82, 2.24) is 10.3 Å². The van der Waals surface area contributed by atoms with E-state index in [1.807, 2.05) is 24.4 Å². The highest BCUT2D eigenvalue weighted by Crippen LogP contribution is 2.15. The smallest absolute Gasteiger partial charge is 0.0705 e. The van der Waals surface area contributed by atoms with E-state index in [0.29, 0.717) is 0 Å². The highest BCUT2D eigenvalue weighted by Gasteiger charge is 1.99. The van der Waals surface area contributed by atoms with E-state index in [1.54, 1.807) is 6.08 Å². The van der Waals surface area contributed by atoms with Crippen LogP contribution in [0.5, 0.6) is 0 Å². The van der Waals surface area contributed by atoms with Crippen LogP contribution in [0.15, 0.2) is 61.3 Å². The number of allylic oxidation sites excluding steroid dienone is 2. The van der Waals surface area contributed by atoms with E-state index in [9.17, 15) is 0 Å². The summed E-state index contributed by atoms with van der Waals surface area (Å²) < 4.78 is 0. The molecule has 2 aromatic rings. The molecule has 1 N–H and O–H groups in total. The molecule has 92 valence electrons. The number of aromatic nitrogens is 1. The number of rotatable bonds is 6. The summed E-state index contributed by atoms with van der Waals surface area (Å²) in [6, 6.07) is 10.3. The summed E-state index contributed by atoms with van der Waals surface area (Å²) in [5.74, 6) is 0. The van der Waals surface area contributed by atoms with Crippen molar-refractivity contribution >= 4 is 10.9 Å². The van der Waals surface area contributed by atoms with Gasteiger partial charge in [-0.3, -0.25) is 4.98 Å². The van der Waals surface area contributed by atoms with Gasteiger partial charge in [0.25, 0.3) is 0 Å². The van der Waals surface area contributed by atoms with Crippen LogP contribution in [0.25, 0.3) is 10.9 Å². The Labute approximate surface area is 108 Å². The summed E-state index contributed by atoms with van der Waals surface area (Å²) in [7, 11) is 0. The lowest BCUT2D eigenvalue weighted by Gasteiger charge is -2.06. The van der Waals surface area contributed by atoms with Crippen molar-refractivity contribution in [3.05, 3.63) is 66.9 Å². The Hall–Kier alpha value is -1.93. The van der Waals surface area contributed by atoms with Crippen molar-refractivity contribution in [3.63, 3.8) is 0 Å². The molecule has 0 radical (unpaired) electrons. The van der Waals surface area contributed by atoms with Gasteiger partial charge < -0.3 is 5.32 Å². The minimum Gasteiger partial charge on any atom is -0.312 e. The zero-order valence-electron chi connectivity index (χ0n) is 10.5. The molecular weight excluding hydrogens is 220 g/mol. The van der Waals surface area contributed by atoms with Gasteiger partial charge in [0, 0.05) is 18.1 Å². The average Bonchev–Trinajstić information content (AvgIpc) is 2.43. The van der Waals surface area contributed by atoms with Gasteiger partial charge in [0.15, 0.2) is 0 Å². The summed E-state index contributed by atoms with van der Waals surface area (Å²) in [6.45, 7) is 5.50. The largest absolute Gasteiger partial charge is 0.312 e. The number of nitrogens with zero attached hydrogens (tertiary/aromatic N) is 1. The van der Waals surface area contributed by atoms with Gasteiger partial charge in [-0.05, 0) is 30.7 Å². The molecule has 0 bridgehead atoms. The molecule has 2 heteroatoms. The number of hydrogen-bond donors (Lipinski definition) is 1. The van der Waals surface area contributed by atoms with Gasteiger partial charge in [-0.15, -0.1) is 0 Å². The Morgan fingerprint density at radius 1 is 1.22 bits per heavy atom. The maximum atomic E-state index is 4.36. The van der Waals surface area contributed by atoms with Gasteiger partial charge in [-0.25, -0.2) is 0 Å². The fraction of sp³-hybridized carbons (Fsp3) is 0.188. The minimum absolute atomic E-state index is 0.880. The number of benzene rings is 1. The van der Waals surface area contributed by atoms with E-state index < -0.39 is 0 Å². The van der Waals surface area contributed by atoms with Crippen LogP contribution in [0.3, 0.4) is 0 Å². The van der Waals surface area contributed by atoms with E-state index in [-0.39, 0.29) is 0 Å². The topological polar surface area (TPSA) is 24.9 Å². The Morgan fingerprint density at radius 3 is 3.00 bits per heavy atom. The first-order chi connectivity index (χ1) is 8.92. The van der Waals surface area contributed by atoms with Crippen LogP contribution in [0.2, 0.25) is 0 Å². The van der Waals surface area contributed by atoms with Gasteiger partial charge in [-0.2, -0.15) is 0 Å². The number of pyridine rings is 1. The standard InChI is InChI=1S/C16H18N2/c1-2-3-4-7-11-17-13-14-10-12-18-16-9-6-5-8-15(14)16/h2-6,8-10,12,17H,1,7,11,13H2/b4-3+. The molecule has 0 saturated heterocycles. The SMILES string of the molecule is C=C/C=C/CCNCc1ccnc2ccccc12. The van der Waals surface area contributed by atoms with Gasteiger partial charge in [0.05, 0.1) is 5.52 Å². The highest BCUT2D eigenvalue weighted by molar-refractivity contribution is 5.81. The first-order valence-corrected chi connectivity index (χ1v) is 6.22. The molecule has 0 saturated carbocycles. The maximum absolute atomic E-state index is 4.36. The molecule has 0 aliphatic rings. The van der Waals surface area contributed by atoms with E-state index in [0.717, 1.165) is 25.0 Å². The zero-order valence-corrected chi connectivity index (χ0v) is 10.5. The predicted molar refractivity (Wildman–Crippen MR) is 77.4 cm³/mol. The van der Waals surface area contributed by atoms with Gasteiger partial charge in [0.2, 0.25) is 0 Å². The number of fused-ring (bicyclic) bond motifs is 1. The molecule has 0 atom stereocenters. The third kappa shape index (κ3) is 3.28. The van der Waals surface area contributed by atoms with Crippen molar-refractivity contribution in [2.24, 2.45) is 0 Å². The van der Waals surface area contributed by atoms with Crippen molar-refractivity contribution in [2.45, 2.75) is 13.0 Å². The monoisotopic (exact) mass is 238 g/mol. The molecule has 1 aromatic heterocycles. The van der Waals surface area contributed by atoms with Gasteiger partial charge >= 0.3 is 0 Å². The molecule has 0 aliphatic heterocycles. The second kappa shape index (κ2) is 6.72. The molecule has 0 aliphatic carbocycles. The number of para-hydroxylation sites is 1. The zero-order chi connectivity index (χ0) is 12.6. The fourth-order valence-corrected chi connectivity index (χ4v) is 1.91. The molecule has 1 aromatic carbocycles. The Kier molecular flexibility index (Phi) is 4.68. The van der Waals surface area contributed by atoms with Crippen LogP contribution in [0.4, 0.5) is 0 Å². The van der Waals surface area contributed by atoms with Crippen LogP contribution in [-0.2, 0) is 6.54 Å². The minimum atomic E-state index is 0.880. The molecule has 2 rings (SSSR count). The van der Waals surface area contributed by atoms with E-state index in [1.165, 1.54) is 10.9 Å². The van der Waals surface area contributed by atoms with E-state index >= 15 is 0 Å². The summed E-state index contributed by atoms with van der Waals surface area (Å²) in [6.07, 6.45) is 8.79. The number of hydrogen-bond acceptors (Lipinski definition) is 2. The van der Waals surface area contributed by atoms with Crippen LogP contribution in [0.1, 0.15) is 12.0 Å². The van der Waals surface area contributed by atoms with Crippen LogP contribution in [0, 0.1) is 0 Å². The lowest BCUT2D eigenvalue weighted by molar-refractivity contribution is 0.698. The Balaban J connectivity index is 1.95. The lowest BCUT2D eigenvalue weighted by atomic mass is 10.1. The molecule has 0 spiro atoms. The van der Waals surface area contributed by atoms with Crippen molar-refractivity contribution in [1.29, 1.82) is 0 Å². The summed E-state index contributed by atoms with van der Waals surface area (Å²) >= 11 is 0. The van der Waals surface area contributed by atoms with Crippen LogP contribution in [-0.4, -0.2) is 11.5 Å².